The molecule has 0 saturated carbocycles. The van der Waals surface area contributed by atoms with Crippen LogP contribution in [0.2, 0.25) is 0 Å². The second kappa shape index (κ2) is 5.20. The van der Waals surface area contributed by atoms with E-state index >= 15 is 0 Å². The highest BCUT2D eigenvalue weighted by Crippen LogP contribution is 2.39. The van der Waals surface area contributed by atoms with Crippen molar-refractivity contribution in [1.82, 2.24) is 9.97 Å². The first kappa shape index (κ1) is 12.9. The van der Waals surface area contributed by atoms with Crippen molar-refractivity contribution in [3.8, 4) is 10.4 Å². The topological polar surface area (TPSA) is 64.1 Å². The van der Waals surface area contributed by atoms with Gasteiger partial charge in [-0.05, 0) is 25.3 Å². The quantitative estimate of drug-likeness (QED) is 0.946. The van der Waals surface area contributed by atoms with Gasteiger partial charge in [0.05, 0.1) is 23.0 Å². The molecule has 4 heterocycles. The summed E-state index contributed by atoms with van der Waals surface area (Å²) in [6, 6.07) is 3.87. The first-order valence-electron chi connectivity index (χ1n) is 7.12. The van der Waals surface area contributed by atoms with Gasteiger partial charge < -0.3 is 10.1 Å². The summed E-state index contributed by atoms with van der Waals surface area (Å²) < 4.78 is 5.73. The monoisotopic (exact) mass is 301 g/mol. The summed E-state index contributed by atoms with van der Waals surface area (Å²) in [7, 11) is 0. The van der Waals surface area contributed by atoms with E-state index in [1.807, 2.05) is 12.1 Å². The lowest BCUT2D eigenvalue weighted by atomic mass is 9.89. The van der Waals surface area contributed by atoms with Crippen molar-refractivity contribution >= 4 is 22.4 Å². The summed E-state index contributed by atoms with van der Waals surface area (Å²) in [5, 5.41) is 3.57. The van der Waals surface area contributed by atoms with Gasteiger partial charge in [-0.2, -0.15) is 0 Å². The van der Waals surface area contributed by atoms with Crippen molar-refractivity contribution < 1.29 is 9.53 Å². The Hall–Kier alpha value is -1.79. The lowest BCUT2D eigenvalue weighted by Crippen LogP contribution is -2.30. The van der Waals surface area contributed by atoms with E-state index in [4.69, 9.17) is 4.74 Å². The van der Waals surface area contributed by atoms with Gasteiger partial charge in [-0.15, -0.1) is 0 Å². The number of ether oxygens (including phenoxy) is 1. The maximum absolute atomic E-state index is 12.3. The average molecular weight is 301 g/mol. The molecule has 2 aliphatic heterocycles. The number of hydrogen-bond acceptors (Lipinski definition) is 5. The predicted molar refractivity (Wildman–Crippen MR) is 80.0 cm³/mol. The van der Waals surface area contributed by atoms with Crippen LogP contribution in [0.4, 0.5) is 5.13 Å². The molecule has 4 rings (SSSR count). The molecule has 0 radical (unpaired) electrons. The Bertz CT molecular complexity index is 658. The molecule has 21 heavy (non-hydrogen) atoms. The number of fused-ring (bicyclic) bond motifs is 2. The number of nitrogens with one attached hydrogen (secondary N) is 1. The predicted octanol–water partition coefficient (Wildman–Crippen LogP) is 2.71. The average Bonchev–Trinajstić information content (AvgIpc) is 3.24. The van der Waals surface area contributed by atoms with Gasteiger partial charge in [-0.3, -0.25) is 9.78 Å². The van der Waals surface area contributed by atoms with E-state index in [-0.39, 0.29) is 24.0 Å². The summed E-state index contributed by atoms with van der Waals surface area (Å²) in [6.07, 6.45) is 8.64. The smallest absolute Gasteiger partial charge is 0.231 e. The highest BCUT2D eigenvalue weighted by Gasteiger charge is 2.44. The third-order valence-corrected chi connectivity index (χ3v) is 5.09. The van der Waals surface area contributed by atoms with Gasteiger partial charge in [-0.25, -0.2) is 4.98 Å². The summed E-state index contributed by atoms with van der Waals surface area (Å²) in [6.45, 7) is 0. The zero-order chi connectivity index (χ0) is 14.2. The normalized spacial score (nSPS) is 27.0. The highest BCUT2D eigenvalue weighted by atomic mass is 32.1. The van der Waals surface area contributed by atoms with E-state index in [0.29, 0.717) is 5.13 Å². The fourth-order valence-corrected chi connectivity index (χ4v) is 3.90. The number of amides is 1. The minimum absolute atomic E-state index is 0.0190. The number of rotatable bonds is 3. The molecule has 2 saturated heterocycles. The Balaban J connectivity index is 1.46. The molecule has 6 heteroatoms. The molecular formula is C15H15N3O2S. The van der Waals surface area contributed by atoms with Crippen molar-refractivity contribution in [2.75, 3.05) is 5.32 Å². The van der Waals surface area contributed by atoms with Crippen LogP contribution in [-0.2, 0) is 9.53 Å². The summed E-state index contributed by atoms with van der Waals surface area (Å²) in [5.41, 5.74) is 1.01. The van der Waals surface area contributed by atoms with Crippen LogP contribution in [0.25, 0.3) is 10.4 Å². The molecule has 1 amide bonds. The van der Waals surface area contributed by atoms with E-state index in [1.165, 1.54) is 11.3 Å². The number of carbonyl (C=O) groups is 1. The molecule has 2 bridgehead atoms. The Labute approximate surface area is 126 Å². The van der Waals surface area contributed by atoms with Crippen molar-refractivity contribution in [2.45, 2.75) is 31.5 Å². The van der Waals surface area contributed by atoms with Crippen LogP contribution in [0.5, 0.6) is 0 Å². The second-order valence-electron chi connectivity index (χ2n) is 5.48. The summed E-state index contributed by atoms with van der Waals surface area (Å²) in [4.78, 5) is 21.7. The molecule has 0 unspecified atom stereocenters. The van der Waals surface area contributed by atoms with Gasteiger partial charge in [0.1, 0.15) is 0 Å². The molecule has 0 spiro atoms. The van der Waals surface area contributed by atoms with Crippen molar-refractivity contribution in [3.05, 3.63) is 30.7 Å². The number of anilines is 1. The standard InChI is InChI=1S/C15H15N3O2S/c19-14(11-6-10-3-4-12(11)20-10)18-15-17-8-13(21-15)9-2-1-5-16-7-9/h1-2,5,7-8,10-12H,3-4,6H2,(H,17,18,19)/t10-,11+,12+/m0/s1. The minimum atomic E-state index is -0.0190. The van der Waals surface area contributed by atoms with Gasteiger partial charge in [0.15, 0.2) is 5.13 Å². The van der Waals surface area contributed by atoms with Crippen LogP contribution in [0.1, 0.15) is 19.3 Å². The van der Waals surface area contributed by atoms with Gasteiger partial charge in [-0.1, -0.05) is 17.4 Å². The maximum Gasteiger partial charge on any atom is 0.231 e. The first-order valence-corrected chi connectivity index (χ1v) is 7.94. The molecule has 108 valence electrons. The van der Waals surface area contributed by atoms with Gasteiger partial charge in [0.2, 0.25) is 5.91 Å². The fraction of sp³-hybridized carbons (Fsp3) is 0.400. The fourth-order valence-electron chi connectivity index (χ4n) is 3.09. The molecule has 2 aromatic rings. The van der Waals surface area contributed by atoms with E-state index in [9.17, 15) is 4.79 Å². The lowest BCUT2D eigenvalue weighted by molar-refractivity contribution is -0.121. The third kappa shape index (κ3) is 2.45. The molecule has 3 atom stereocenters. The molecule has 2 aromatic heterocycles. The zero-order valence-corrected chi connectivity index (χ0v) is 12.2. The highest BCUT2D eigenvalue weighted by molar-refractivity contribution is 7.19. The third-order valence-electron chi connectivity index (χ3n) is 4.12. The molecule has 2 aliphatic rings. The minimum Gasteiger partial charge on any atom is -0.374 e. The number of aromatic nitrogens is 2. The number of carbonyl (C=O) groups excluding carboxylic acids is 1. The summed E-state index contributed by atoms with van der Waals surface area (Å²) in [5.74, 6) is 0.0174. The van der Waals surface area contributed by atoms with Crippen LogP contribution in [-0.4, -0.2) is 28.1 Å². The van der Waals surface area contributed by atoms with Crippen molar-refractivity contribution in [2.24, 2.45) is 5.92 Å². The zero-order valence-electron chi connectivity index (χ0n) is 11.4. The van der Waals surface area contributed by atoms with Crippen molar-refractivity contribution in [1.29, 1.82) is 0 Å². The van der Waals surface area contributed by atoms with Gasteiger partial charge in [0, 0.05) is 24.2 Å². The molecular weight excluding hydrogens is 286 g/mol. The molecule has 0 aromatic carbocycles. The van der Waals surface area contributed by atoms with E-state index < -0.39 is 0 Å². The Morgan fingerprint density at radius 1 is 1.38 bits per heavy atom. The molecule has 0 aliphatic carbocycles. The Kier molecular flexibility index (Phi) is 3.20. The molecule has 2 fully saturated rings. The van der Waals surface area contributed by atoms with E-state index in [0.717, 1.165) is 29.7 Å². The lowest BCUT2D eigenvalue weighted by Gasteiger charge is -2.16. The number of nitrogens with zero attached hydrogens (tertiary/aromatic N) is 2. The number of thiazole rings is 1. The van der Waals surface area contributed by atoms with Gasteiger partial charge in [0.25, 0.3) is 0 Å². The molecule has 5 nitrogen and oxygen atoms in total. The Morgan fingerprint density at radius 3 is 3.05 bits per heavy atom. The van der Waals surface area contributed by atoms with Crippen LogP contribution in [0, 0.1) is 5.92 Å². The van der Waals surface area contributed by atoms with Crippen LogP contribution in [0.15, 0.2) is 30.7 Å². The van der Waals surface area contributed by atoms with E-state index in [1.54, 1.807) is 18.6 Å². The largest absolute Gasteiger partial charge is 0.374 e. The number of hydrogen-bond donors (Lipinski definition) is 1. The summed E-state index contributed by atoms with van der Waals surface area (Å²) >= 11 is 1.47. The van der Waals surface area contributed by atoms with Crippen LogP contribution >= 0.6 is 11.3 Å². The van der Waals surface area contributed by atoms with Crippen LogP contribution < -0.4 is 5.32 Å². The second-order valence-corrected chi connectivity index (χ2v) is 6.51. The van der Waals surface area contributed by atoms with E-state index in [2.05, 4.69) is 15.3 Å². The maximum atomic E-state index is 12.3. The first-order chi connectivity index (χ1) is 10.3. The number of pyridine rings is 1. The van der Waals surface area contributed by atoms with Crippen molar-refractivity contribution in [3.63, 3.8) is 0 Å². The SMILES string of the molecule is O=C(Nc1ncc(-c2cccnc2)s1)[C@@H]1C[C@@H]2CC[C@H]1O2. The molecule has 1 N–H and O–H groups in total. The van der Waals surface area contributed by atoms with Gasteiger partial charge >= 0.3 is 0 Å². The van der Waals surface area contributed by atoms with Crippen LogP contribution in [0.3, 0.4) is 0 Å². The Morgan fingerprint density at radius 2 is 2.33 bits per heavy atom.